The number of allylic oxidation sites excluding steroid dienone is 2. The van der Waals surface area contributed by atoms with E-state index in [1.54, 1.807) is 0 Å². The molecule has 3 heteroatoms. The molecule has 0 spiro atoms. The van der Waals surface area contributed by atoms with Crippen LogP contribution in [0, 0.1) is 4.91 Å². The number of phenols is 1. The standard InChI is InChI=1S/C17H15NO2/c1-9-8-10-6-7-11(9)15-14(10)17(19)13-5-3-2-4-12(13)16(15)18-20/h2-5,8,10-11,19H,6-7H2,1H3/t10-,11-/m0/s1. The van der Waals surface area contributed by atoms with E-state index in [1.165, 1.54) is 5.57 Å². The molecule has 2 aromatic carbocycles. The highest BCUT2D eigenvalue weighted by molar-refractivity contribution is 6.00. The van der Waals surface area contributed by atoms with Gasteiger partial charge in [0.1, 0.15) is 11.4 Å². The molecule has 100 valence electrons. The summed E-state index contributed by atoms with van der Waals surface area (Å²) in [5.41, 5.74) is 3.72. The Hall–Kier alpha value is -2.16. The van der Waals surface area contributed by atoms with Gasteiger partial charge in [0.2, 0.25) is 0 Å². The van der Waals surface area contributed by atoms with Crippen molar-refractivity contribution in [3.05, 3.63) is 51.9 Å². The SMILES string of the molecule is CC1=C[C@@H]2CC[C@@H]1c1c2c(O)c2ccccc2c1N=O. The zero-order valence-electron chi connectivity index (χ0n) is 11.3. The molecule has 0 unspecified atom stereocenters. The van der Waals surface area contributed by atoms with Crippen LogP contribution < -0.4 is 0 Å². The average Bonchev–Trinajstić information content (AvgIpc) is 2.48. The van der Waals surface area contributed by atoms with Crippen molar-refractivity contribution < 1.29 is 5.11 Å². The lowest BCUT2D eigenvalue weighted by molar-refractivity contribution is 0.449. The van der Waals surface area contributed by atoms with Gasteiger partial charge in [-0.1, -0.05) is 35.9 Å². The third-order valence-electron chi connectivity index (χ3n) is 4.83. The monoisotopic (exact) mass is 265 g/mol. The summed E-state index contributed by atoms with van der Waals surface area (Å²) in [6.07, 6.45) is 4.32. The van der Waals surface area contributed by atoms with Crippen LogP contribution >= 0.6 is 0 Å². The molecule has 1 N–H and O–H groups in total. The number of rotatable bonds is 1. The number of hydrogen-bond acceptors (Lipinski definition) is 3. The first-order valence-electron chi connectivity index (χ1n) is 7.01. The van der Waals surface area contributed by atoms with Gasteiger partial charge < -0.3 is 5.11 Å². The molecule has 20 heavy (non-hydrogen) atoms. The first-order valence-corrected chi connectivity index (χ1v) is 7.01. The number of aromatic hydroxyl groups is 1. The van der Waals surface area contributed by atoms with Crippen LogP contribution in [0.2, 0.25) is 0 Å². The summed E-state index contributed by atoms with van der Waals surface area (Å²) >= 11 is 0. The molecule has 0 saturated heterocycles. The second-order valence-electron chi connectivity index (χ2n) is 5.81. The maximum absolute atomic E-state index is 11.4. The molecule has 2 aromatic rings. The predicted molar refractivity (Wildman–Crippen MR) is 79.5 cm³/mol. The van der Waals surface area contributed by atoms with Crippen LogP contribution in [0.3, 0.4) is 0 Å². The Kier molecular flexibility index (Phi) is 2.28. The van der Waals surface area contributed by atoms with Crippen LogP contribution in [0.15, 0.2) is 41.1 Å². The van der Waals surface area contributed by atoms with Crippen molar-refractivity contribution in [2.24, 2.45) is 5.18 Å². The van der Waals surface area contributed by atoms with Crippen molar-refractivity contribution in [3.63, 3.8) is 0 Å². The molecule has 5 rings (SSSR count). The lowest BCUT2D eigenvalue weighted by Crippen LogP contribution is -2.20. The summed E-state index contributed by atoms with van der Waals surface area (Å²) in [7, 11) is 0. The molecule has 0 fully saturated rings. The summed E-state index contributed by atoms with van der Waals surface area (Å²) in [6.45, 7) is 2.11. The summed E-state index contributed by atoms with van der Waals surface area (Å²) < 4.78 is 0. The van der Waals surface area contributed by atoms with Crippen molar-refractivity contribution >= 4 is 16.5 Å². The maximum Gasteiger partial charge on any atom is 0.127 e. The van der Waals surface area contributed by atoms with Gasteiger partial charge in [-0.15, -0.1) is 4.91 Å². The van der Waals surface area contributed by atoms with Gasteiger partial charge in [-0.2, -0.15) is 0 Å². The van der Waals surface area contributed by atoms with Gasteiger partial charge in [0.05, 0.1) is 0 Å². The normalized spacial score (nSPS) is 23.6. The Bertz CT molecular complexity index is 776. The number of phenolic OH excluding ortho intramolecular Hbond substituents is 1. The highest BCUT2D eigenvalue weighted by Gasteiger charge is 2.37. The molecule has 3 aliphatic carbocycles. The van der Waals surface area contributed by atoms with Crippen molar-refractivity contribution in [1.82, 2.24) is 0 Å². The highest BCUT2D eigenvalue weighted by atomic mass is 16.3. The van der Waals surface area contributed by atoms with Crippen LogP contribution in [0.5, 0.6) is 5.75 Å². The second-order valence-corrected chi connectivity index (χ2v) is 5.81. The molecular weight excluding hydrogens is 250 g/mol. The van der Waals surface area contributed by atoms with E-state index in [1.807, 2.05) is 24.3 Å². The zero-order valence-corrected chi connectivity index (χ0v) is 11.3. The molecule has 3 nitrogen and oxygen atoms in total. The summed E-state index contributed by atoms with van der Waals surface area (Å²) in [5, 5.41) is 15.5. The third-order valence-corrected chi connectivity index (χ3v) is 4.83. The molecular formula is C17H15NO2. The fraction of sp³-hybridized carbons (Fsp3) is 0.294. The summed E-state index contributed by atoms with van der Waals surface area (Å²) in [5.74, 6) is 0.791. The lowest BCUT2D eigenvalue weighted by atomic mass is 9.66. The Balaban J connectivity index is 2.19. The van der Waals surface area contributed by atoms with Gasteiger partial charge in [-0.25, -0.2) is 0 Å². The minimum atomic E-state index is 0.222. The van der Waals surface area contributed by atoms with E-state index >= 15 is 0 Å². The summed E-state index contributed by atoms with van der Waals surface area (Å²) in [6, 6.07) is 7.49. The van der Waals surface area contributed by atoms with Crippen LogP contribution in [-0.2, 0) is 0 Å². The molecule has 2 bridgehead atoms. The molecule has 2 atom stereocenters. The van der Waals surface area contributed by atoms with E-state index in [2.05, 4.69) is 18.2 Å². The largest absolute Gasteiger partial charge is 0.507 e. The first-order chi connectivity index (χ1) is 9.72. The topological polar surface area (TPSA) is 49.7 Å². The molecule has 0 heterocycles. The number of hydrogen-bond donors (Lipinski definition) is 1. The molecule has 0 amide bonds. The van der Waals surface area contributed by atoms with Crippen LogP contribution in [0.25, 0.3) is 10.8 Å². The van der Waals surface area contributed by atoms with E-state index in [9.17, 15) is 10.0 Å². The number of fused-ring (bicyclic) bond motifs is 2. The van der Waals surface area contributed by atoms with Gasteiger partial charge in [0.15, 0.2) is 0 Å². The van der Waals surface area contributed by atoms with Gasteiger partial charge in [0, 0.05) is 28.2 Å². The molecule has 0 radical (unpaired) electrons. The minimum Gasteiger partial charge on any atom is -0.507 e. The van der Waals surface area contributed by atoms with Crippen molar-refractivity contribution in [3.8, 4) is 5.75 Å². The van der Waals surface area contributed by atoms with E-state index in [4.69, 9.17) is 0 Å². The van der Waals surface area contributed by atoms with Gasteiger partial charge in [0.25, 0.3) is 0 Å². The van der Waals surface area contributed by atoms with E-state index in [-0.39, 0.29) is 11.8 Å². The predicted octanol–water partition coefficient (Wildman–Crippen LogP) is 4.86. The first kappa shape index (κ1) is 11.6. The zero-order chi connectivity index (χ0) is 13.9. The molecule has 0 aromatic heterocycles. The Morgan fingerprint density at radius 2 is 1.90 bits per heavy atom. The Morgan fingerprint density at radius 1 is 1.15 bits per heavy atom. The molecule has 0 saturated carbocycles. The quantitative estimate of drug-likeness (QED) is 0.591. The number of nitroso groups, excluding NO2 is 1. The smallest absolute Gasteiger partial charge is 0.127 e. The van der Waals surface area contributed by atoms with E-state index < -0.39 is 0 Å². The van der Waals surface area contributed by atoms with Gasteiger partial charge in [-0.05, 0) is 30.5 Å². The van der Waals surface area contributed by atoms with Crippen LogP contribution in [-0.4, -0.2) is 5.11 Å². The minimum absolute atomic E-state index is 0.222. The lowest BCUT2D eigenvalue weighted by Gasteiger charge is -2.38. The number of nitrogens with zero attached hydrogens (tertiary/aromatic N) is 1. The average molecular weight is 265 g/mol. The van der Waals surface area contributed by atoms with E-state index in [0.717, 1.165) is 34.7 Å². The molecule has 0 aliphatic heterocycles. The van der Waals surface area contributed by atoms with Gasteiger partial charge in [-0.3, -0.25) is 0 Å². The van der Waals surface area contributed by atoms with Crippen molar-refractivity contribution in [2.45, 2.75) is 31.6 Å². The van der Waals surface area contributed by atoms with Crippen molar-refractivity contribution in [1.29, 1.82) is 0 Å². The highest BCUT2D eigenvalue weighted by Crippen LogP contribution is 2.57. The maximum atomic E-state index is 11.4. The molecule has 3 aliphatic rings. The Labute approximate surface area is 116 Å². The Morgan fingerprint density at radius 3 is 2.60 bits per heavy atom. The van der Waals surface area contributed by atoms with E-state index in [0.29, 0.717) is 11.4 Å². The summed E-state index contributed by atoms with van der Waals surface area (Å²) in [4.78, 5) is 11.4. The fourth-order valence-electron chi connectivity index (χ4n) is 3.96. The van der Waals surface area contributed by atoms with Gasteiger partial charge >= 0.3 is 0 Å². The third kappa shape index (κ3) is 1.30. The van der Waals surface area contributed by atoms with Crippen LogP contribution in [0.1, 0.15) is 42.7 Å². The van der Waals surface area contributed by atoms with Crippen LogP contribution in [0.4, 0.5) is 5.69 Å². The number of benzene rings is 2. The van der Waals surface area contributed by atoms with Crippen molar-refractivity contribution in [2.75, 3.05) is 0 Å². The second kappa shape index (κ2) is 3.92. The fourth-order valence-corrected chi connectivity index (χ4v) is 3.96.